The summed E-state index contributed by atoms with van der Waals surface area (Å²) in [7, 11) is 0. The number of halogens is 3. The highest BCUT2D eigenvalue weighted by Gasteiger charge is 2.34. The van der Waals surface area contributed by atoms with Gasteiger partial charge in [-0.3, -0.25) is 0 Å². The molecule has 0 aliphatic rings. The molecule has 2 aromatic rings. The van der Waals surface area contributed by atoms with Crippen molar-refractivity contribution in [3.63, 3.8) is 0 Å². The Balaban J connectivity index is 2.43. The molecule has 1 aromatic heterocycles. The Bertz CT molecular complexity index is 536. The molecule has 2 rings (SSSR count). The van der Waals surface area contributed by atoms with Gasteiger partial charge in [-0.1, -0.05) is 29.5 Å². The Morgan fingerprint density at radius 3 is 2.61 bits per heavy atom. The van der Waals surface area contributed by atoms with Gasteiger partial charge in [-0.15, -0.1) is 10.2 Å². The van der Waals surface area contributed by atoms with E-state index >= 15 is 0 Å². The molecule has 0 spiro atoms. The molecule has 3 nitrogen and oxygen atoms in total. The first kappa shape index (κ1) is 12.8. The maximum atomic E-state index is 12.8. The Hall–Kier alpha value is -1.63. The van der Waals surface area contributed by atoms with Crippen LogP contribution in [0.2, 0.25) is 0 Å². The van der Waals surface area contributed by atoms with Crippen LogP contribution in [0, 0.1) is 0 Å². The molecule has 0 bridgehead atoms. The molecule has 0 amide bonds. The quantitative estimate of drug-likeness (QED) is 0.927. The number of rotatable bonds is 3. The van der Waals surface area contributed by atoms with Crippen LogP contribution in [0.4, 0.5) is 18.3 Å². The Labute approximate surface area is 106 Å². The average Bonchev–Trinajstić information content (AvgIpc) is 2.77. The molecule has 7 heteroatoms. The van der Waals surface area contributed by atoms with Crippen molar-refractivity contribution >= 4 is 16.5 Å². The molecule has 1 heterocycles. The second-order valence-electron chi connectivity index (χ2n) is 3.49. The summed E-state index contributed by atoms with van der Waals surface area (Å²) >= 11 is 1.11. The predicted molar refractivity (Wildman–Crippen MR) is 64.5 cm³/mol. The molecule has 0 aliphatic heterocycles. The van der Waals surface area contributed by atoms with E-state index < -0.39 is 11.7 Å². The van der Waals surface area contributed by atoms with Crippen molar-refractivity contribution in [3.8, 4) is 10.6 Å². The second kappa shape index (κ2) is 4.93. The minimum absolute atomic E-state index is 0.0617. The van der Waals surface area contributed by atoms with Crippen LogP contribution in [0.1, 0.15) is 12.5 Å². The zero-order valence-corrected chi connectivity index (χ0v) is 10.3. The van der Waals surface area contributed by atoms with Gasteiger partial charge in [0.2, 0.25) is 5.13 Å². The van der Waals surface area contributed by atoms with Gasteiger partial charge in [0.05, 0.1) is 5.56 Å². The molecule has 1 aromatic carbocycles. The number of hydrogen-bond donors (Lipinski definition) is 1. The van der Waals surface area contributed by atoms with E-state index in [1.807, 2.05) is 6.92 Å². The van der Waals surface area contributed by atoms with Crippen LogP contribution in [-0.2, 0) is 6.18 Å². The predicted octanol–water partition coefficient (Wildman–Crippen LogP) is 3.66. The van der Waals surface area contributed by atoms with Gasteiger partial charge in [0, 0.05) is 12.1 Å². The third kappa shape index (κ3) is 2.61. The number of nitrogens with zero attached hydrogens (tertiary/aromatic N) is 2. The summed E-state index contributed by atoms with van der Waals surface area (Å²) in [5.41, 5.74) is -0.629. The molecule has 1 N–H and O–H groups in total. The third-order valence-electron chi connectivity index (χ3n) is 2.22. The van der Waals surface area contributed by atoms with Crippen LogP contribution < -0.4 is 5.32 Å². The molecule has 0 atom stereocenters. The first-order valence-electron chi connectivity index (χ1n) is 5.26. The second-order valence-corrected chi connectivity index (χ2v) is 4.46. The first-order chi connectivity index (χ1) is 8.52. The topological polar surface area (TPSA) is 37.8 Å². The molecule has 0 saturated heterocycles. The highest BCUT2D eigenvalue weighted by atomic mass is 32.1. The highest BCUT2D eigenvalue weighted by Crippen LogP contribution is 2.38. The lowest BCUT2D eigenvalue weighted by Crippen LogP contribution is -2.06. The Kier molecular flexibility index (Phi) is 3.51. The third-order valence-corrected chi connectivity index (χ3v) is 3.13. The van der Waals surface area contributed by atoms with Crippen molar-refractivity contribution in [1.29, 1.82) is 0 Å². The van der Waals surface area contributed by atoms with Crippen LogP contribution in [0.15, 0.2) is 24.3 Å². The zero-order chi connectivity index (χ0) is 13.2. The van der Waals surface area contributed by atoms with E-state index in [4.69, 9.17) is 0 Å². The summed E-state index contributed by atoms with van der Waals surface area (Å²) in [5.74, 6) is 0. The minimum atomic E-state index is -4.39. The van der Waals surface area contributed by atoms with E-state index in [-0.39, 0.29) is 10.6 Å². The largest absolute Gasteiger partial charge is 0.417 e. The molecular weight excluding hydrogens is 263 g/mol. The number of nitrogens with one attached hydrogen (secondary N) is 1. The summed E-state index contributed by atoms with van der Waals surface area (Å²) in [4.78, 5) is 0. The van der Waals surface area contributed by atoms with E-state index in [2.05, 4.69) is 15.5 Å². The summed E-state index contributed by atoms with van der Waals surface area (Å²) in [5, 5.41) is 11.3. The first-order valence-corrected chi connectivity index (χ1v) is 6.08. The molecular formula is C11H10F3N3S. The summed E-state index contributed by atoms with van der Waals surface area (Å²) in [6, 6.07) is 5.36. The van der Waals surface area contributed by atoms with Crippen molar-refractivity contribution in [1.82, 2.24) is 10.2 Å². The van der Waals surface area contributed by atoms with Crippen molar-refractivity contribution in [2.75, 3.05) is 11.9 Å². The van der Waals surface area contributed by atoms with Crippen LogP contribution in [0.25, 0.3) is 10.6 Å². The zero-order valence-electron chi connectivity index (χ0n) is 9.45. The number of hydrogen-bond acceptors (Lipinski definition) is 4. The lowest BCUT2D eigenvalue weighted by molar-refractivity contribution is -0.137. The van der Waals surface area contributed by atoms with Crippen molar-refractivity contribution in [3.05, 3.63) is 29.8 Å². The molecule has 0 aliphatic carbocycles. The fraction of sp³-hybridized carbons (Fsp3) is 0.273. The van der Waals surface area contributed by atoms with Crippen LogP contribution in [-0.4, -0.2) is 16.7 Å². The van der Waals surface area contributed by atoms with Crippen LogP contribution >= 0.6 is 11.3 Å². The van der Waals surface area contributed by atoms with E-state index in [0.717, 1.165) is 17.4 Å². The van der Waals surface area contributed by atoms with Gasteiger partial charge < -0.3 is 5.32 Å². The van der Waals surface area contributed by atoms with Gasteiger partial charge >= 0.3 is 6.18 Å². The molecule has 0 saturated carbocycles. The van der Waals surface area contributed by atoms with Gasteiger partial charge in [0.25, 0.3) is 0 Å². The minimum Gasteiger partial charge on any atom is -0.360 e. The lowest BCUT2D eigenvalue weighted by Gasteiger charge is -2.09. The molecule has 18 heavy (non-hydrogen) atoms. The number of aromatic nitrogens is 2. The molecule has 96 valence electrons. The highest BCUT2D eigenvalue weighted by molar-refractivity contribution is 7.18. The Morgan fingerprint density at radius 2 is 1.94 bits per heavy atom. The maximum absolute atomic E-state index is 12.8. The van der Waals surface area contributed by atoms with Crippen molar-refractivity contribution in [2.45, 2.75) is 13.1 Å². The van der Waals surface area contributed by atoms with Crippen molar-refractivity contribution in [2.24, 2.45) is 0 Å². The standard InChI is InChI=1S/C11H10F3N3S/c1-2-15-10-17-16-9(18-10)7-5-3-4-6-8(7)11(12,13)14/h3-6H,2H2,1H3,(H,15,17). The van der Waals surface area contributed by atoms with Gasteiger partial charge in [-0.05, 0) is 13.0 Å². The number of benzene rings is 1. The smallest absolute Gasteiger partial charge is 0.360 e. The number of anilines is 1. The lowest BCUT2D eigenvalue weighted by atomic mass is 10.1. The van der Waals surface area contributed by atoms with Crippen molar-refractivity contribution < 1.29 is 13.2 Å². The number of alkyl halides is 3. The average molecular weight is 273 g/mol. The summed E-state index contributed by atoms with van der Waals surface area (Å²) in [6.07, 6.45) is -4.39. The van der Waals surface area contributed by atoms with E-state index in [0.29, 0.717) is 11.7 Å². The summed E-state index contributed by atoms with van der Waals surface area (Å²) in [6.45, 7) is 2.53. The normalized spacial score (nSPS) is 11.6. The van der Waals surface area contributed by atoms with Gasteiger partial charge in [-0.2, -0.15) is 13.2 Å². The summed E-state index contributed by atoms with van der Waals surface area (Å²) < 4.78 is 38.5. The SMILES string of the molecule is CCNc1nnc(-c2ccccc2C(F)(F)F)s1. The molecule has 0 fully saturated rings. The van der Waals surface area contributed by atoms with Crippen LogP contribution in [0.5, 0.6) is 0 Å². The van der Waals surface area contributed by atoms with E-state index in [1.165, 1.54) is 12.1 Å². The van der Waals surface area contributed by atoms with E-state index in [9.17, 15) is 13.2 Å². The van der Waals surface area contributed by atoms with Gasteiger partial charge in [-0.25, -0.2) is 0 Å². The van der Waals surface area contributed by atoms with Gasteiger partial charge in [0.15, 0.2) is 0 Å². The van der Waals surface area contributed by atoms with E-state index in [1.54, 1.807) is 6.07 Å². The molecule has 0 radical (unpaired) electrons. The monoisotopic (exact) mass is 273 g/mol. The van der Waals surface area contributed by atoms with Gasteiger partial charge in [0.1, 0.15) is 5.01 Å². The van der Waals surface area contributed by atoms with Crippen LogP contribution in [0.3, 0.4) is 0 Å². The molecule has 0 unspecified atom stereocenters. The Morgan fingerprint density at radius 1 is 1.22 bits per heavy atom. The fourth-order valence-corrected chi connectivity index (χ4v) is 2.32. The fourth-order valence-electron chi connectivity index (χ4n) is 1.47. The maximum Gasteiger partial charge on any atom is 0.417 e.